The summed E-state index contributed by atoms with van der Waals surface area (Å²) in [6, 6.07) is 16.7. The second kappa shape index (κ2) is 5.45. The van der Waals surface area contributed by atoms with Gasteiger partial charge in [0, 0.05) is 22.2 Å². The molecule has 2 aromatic carbocycles. The average molecular weight is 289 g/mol. The van der Waals surface area contributed by atoms with Crippen molar-refractivity contribution >= 4 is 17.2 Å². The van der Waals surface area contributed by atoms with Gasteiger partial charge in [-0.1, -0.05) is 49.2 Å². The van der Waals surface area contributed by atoms with Crippen LogP contribution in [0.3, 0.4) is 0 Å². The second-order valence-electron chi connectivity index (χ2n) is 6.18. The van der Waals surface area contributed by atoms with Crippen LogP contribution < -0.4 is 0 Å². The Morgan fingerprint density at radius 1 is 0.955 bits per heavy atom. The Kier molecular flexibility index (Phi) is 3.30. The Balaban J connectivity index is 1.87. The van der Waals surface area contributed by atoms with Gasteiger partial charge in [-0.15, -0.1) is 0 Å². The molecule has 1 saturated carbocycles. The van der Waals surface area contributed by atoms with Gasteiger partial charge in [0.1, 0.15) is 0 Å². The molecule has 2 nitrogen and oxygen atoms in total. The van der Waals surface area contributed by atoms with E-state index in [9.17, 15) is 4.79 Å². The van der Waals surface area contributed by atoms with Gasteiger partial charge in [-0.3, -0.25) is 4.79 Å². The standard InChI is InChI=1S/C20H19NO/c22-13-18-17-12-16(14-6-2-1-3-7-14)10-11-19(17)21-20(18)15-8-4-5-9-15/h1-3,6-7,10-13,15,21H,4-5,8-9H2. The molecule has 0 saturated heterocycles. The molecule has 1 fully saturated rings. The van der Waals surface area contributed by atoms with Crippen molar-refractivity contribution in [2.45, 2.75) is 31.6 Å². The molecule has 3 aromatic rings. The van der Waals surface area contributed by atoms with Gasteiger partial charge < -0.3 is 4.98 Å². The van der Waals surface area contributed by atoms with Crippen LogP contribution in [-0.4, -0.2) is 11.3 Å². The monoisotopic (exact) mass is 289 g/mol. The molecule has 0 bridgehead atoms. The van der Waals surface area contributed by atoms with Gasteiger partial charge in [-0.05, 0) is 42.0 Å². The molecule has 110 valence electrons. The first-order chi connectivity index (χ1) is 10.9. The topological polar surface area (TPSA) is 32.9 Å². The lowest BCUT2D eigenvalue weighted by molar-refractivity contribution is 0.112. The number of aromatic amines is 1. The van der Waals surface area contributed by atoms with Crippen LogP contribution in [0.4, 0.5) is 0 Å². The van der Waals surface area contributed by atoms with E-state index in [2.05, 4.69) is 35.3 Å². The smallest absolute Gasteiger partial charge is 0.152 e. The molecule has 0 amide bonds. The first-order valence-electron chi connectivity index (χ1n) is 8.03. The highest BCUT2D eigenvalue weighted by atomic mass is 16.1. The van der Waals surface area contributed by atoms with E-state index in [0.717, 1.165) is 34.0 Å². The number of rotatable bonds is 3. The fourth-order valence-corrected chi connectivity index (χ4v) is 3.71. The zero-order valence-electron chi connectivity index (χ0n) is 12.5. The maximum atomic E-state index is 11.7. The van der Waals surface area contributed by atoms with E-state index < -0.39 is 0 Å². The van der Waals surface area contributed by atoms with Crippen LogP contribution in [0, 0.1) is 0 Å². The van der Waals surface area contributed by atoms with Crippen LogP contribution in [0.15, 0.2) is 48.5 Å². The minimum atomic E-state index is 0.521. The van der Waals surface area contributed by atoms with Gasteiger partial charge in [0.2, 0.25) is 0 Å². The third-order valence-corrected chi connectivity index (χ3v) is 4.86. The van der Waals surface area contributed by atoms with Crippen LogP contribution in [-0.2, 0) is 0 Å². The van der Waals surface area contributed by atoms with Crippen molar-refractivity contribution in [3.05, 3.63) is 59.8 Å². The van der Waals surface area contributed by atoms with E-state index >= 15 is 0 Å². The molecular weight excluding hydrogens is 270 g/mol. The molecule has 0 unspecified atom stereocenters. The second-order valence-corrected chi connectivity index (χ2v) is 6.18. The SMILES string of the molecule is O=Cc1c(C2CCCC2)[nH]c2ccc(-c3ccccc3)cc12. The average Bonchev–Trinajstić information content (AvgIpc) is 3.22. The molecule has 22 heavy (non-hydrogen) atoms. The molecular formula is C20H19NO. The number of carbonyl (C=O) groups is 1. The quantitative estimate of drug-likeness (QED) is 0.652. The number of nitrogens with one attached hydrogen (secondary N) is 1. The number of hydrogen-bond acceptors (Lipinski definition) is 1. The summed E-state index contributed by atoms with van der Waals surface area (Å²) < 4.78 is 0. The third kappa shape index (κ3) is 2.16. The lowest BCUT2D eigenvalue weighted by Gasteiger charge is -2.07. The molecule has 0 spiro atoms. The highest BCUT2D eigenvalue weighted by molar-refractivity contribution is 6.00. The summed E-state index contributed by atoms with van der Waals surface area (Å²) in [4.78, 5) is 15.2. The minimum Gasteiger partial charge on any atom is -0.358 e. The Morgan fingerprint density at radius 2 is 1.73 bits per heavy atom. The molecule has 1 heterocycles. The van der Waals surface area contributed by atoms with Crippen molar-refractivity contribution in [2.24, 2.45) is 0 Å². The van der Waals surface area contributed by atoms with Crippen molar-refractivity contribution < 1.29 is 4.79 Å². The molecule has 1 N–H and O–H groups in total. The highest BCUT2D eigenvalue weighted by Gasteiger charge is 2.23. The summed E-state index contributed by atoms with van der Waals surface area (Å²) >= 11 is 0. The number of hydrogen-bond donors (Lipinski definition) is 1. The van der Waals surface area contributed by atoms with Crippen LogP contribution in [0.2, 0.25) is 0 Å². The fraction of sp³-hybridized carbons (Fsp3) is 0.250. The summed E-state index contributed by atoms with van der Waals surface area (Å²) in [5.41, 5.74) is 5.43. The van der Waals surface area contributed by atoms with Crippen molar-refractivity contribution in [1.29, 1.82) is 0 Å². The molecule has 4 rings (SSSR count). The first-order valence-corrected chi connectivity index (χ1v) is 8.03. The predicted molar refractivity (Wildman–Crippen MR) is 90.3 cm³/mol. The molecule has 1 aromatic heterocycles. The number of benzene rings is 2. The maximum Gasteiger partial charge on any atom is 0.152 e. The molecule has 1 aliphatic rings. The van der Waals surface area contributed by atoms with Crippen molar-refractivity contribution in [3.63, 3.8) is 0 Å². The number of aromatic nitrogens is 1. The minimum absolute atomic E-state index is 0.521. The van der Waals surface area contributed by atoms with E-state index in [-0.39, 0.29) is 0 Å². The Bertz CT molecular complexity index is 810. The normalized spacial score (nSPS) is 15.5. The van der Waals surface area contributed by atoms with Crippen LogP contribution in [0.25, 0.3) is 22.0 Å². The summed E-state index contributed by atoms with van der Waals surface area (Å²) in [6.07, 6.45) is 5.96. The van der Waals surface area contributed by atoms with Crippen LogP contribution >= 0.6 is 0 Å². The van der Waals surface area contributed by atoms with Gasteiger partial charge in [0.15, 0.2) is 6.29 Å². The predicted octanol–water partition coefficient (Wildman–Crippen LogP) is 5.31. The van der Waals surface area contributed by atoms with Gasteiger partial charge in [-0.2, -0.15) is 0 Å². The first kappa shape index (κ1) is 13.3. The van der Waals surface area contributed by atoms with Crippen molar-refractivity contribution in [3.8, 4) is 11.1 Å². The van der Waals surface area contributed by atoms with E-state index in [1.807, 2.05) is 18.2 Å². The summed E-state index contributed by atoms with van der Waals surface area (Å²) in [6.45, 7) is 0. The zero-order valence-corrected chi connectivity index (χ0v) is 12.5. The van der Waals surface area contributed by atoms with Gasteiger partial charge in [0.05, 0.1) is 0 Å². The van der Waals surface area contributed by atoms with E-state index in [4.69, 9.17) is 0 Å². The van der Waals surface area contributed by atoms with E-state index in [1.165, 1.54) is 31.2 Å². The van der Waals surface area contributed by atoms with Gasteiger partial charge in [-0.25, -0.2) is 0 Å². The van der Waals surface area contributed by atoms with Crippen molar-refractivity contribution in [2.75, 3.05) is 0 Å². The van der Waals surface area contributed by atoms with Gasteiger partial charge >= 0.3 is 0 Å². The largest absolute Gasteiger partial charge is 0.358 e. The molecule has 0 aliphatic heterocycles. The number of carbonyl (C=O) groups excluding carboxylic acids is 1. The molecule has 2 heteroatoms. The Labute approximate surface area is 130 Å². The summed E-state index contributed by atoms with van der Waals surface area (Å²) in [5, 5.41) is 1.05. The lowest BCUT2D eigenvalue weighted by Crippen LogP contribution is -1.96. The summed E-state index contributed by atoms with van der Waals surface area (Å²) in [5.74, 6) is 0.521. The number of H-pyrrole nitrogens is 1. The number of aldehydes is 1. The third-order valence-electron chi connectivity index (χ3n) is 4.86. The van der Waals surface area contributed by atoms with Crippen LogP contribution in [0.5, 0.6) is 0 Å². The Hall–Kier alpha value is -2.35. The Morgan fingerprint density at radius 3 is 2.45 bits per heavy atom. The highest BCUT2D eigenvalue weighted by Crippen LogP contribution is 2.38. The van der Waals surface area contributed by atoms with Gasteiger partial charge in [0.25, 0.3) is 0 Å². The number of fused-ring (bicyclic) bond motifs is 1. The van der Waals surface area contributed by atoms with E-state index in [1.54, 1.807) is 0 Å². The van der Waals surface area contributed by atoms with Crippen LogP contribution in [0.1, 0.15) is 47.7 Å². The fourth-order valence-electron chi connectivity index (χ4n) is 3.71. The molecule has 0 radical (unpaired) electrons. The van der Waals surface area contributed by atoms with Crippen molar-refractivity contribution in [1.82, 2.24) is 4.98 Å². The lowest BCUT2D eigenvalue weighted by atomic mass is 9.98. The van der Waals surface area contributed by atoms with E-state index in [0.29, 0.717) is 5.92 Å². The zero-order chi connectivity index (χ0) is 14.9. The summed E-state index contributed by atoms with van der Waals surface area (Å²) in [7, 11) is 0. The molecule has 1 aliphatic carbocycles. The maximum absolute atomic E-state index is 11.7. The molecule has 0 atom stereocenters.